The smallest absolute Gasteiger partial charge is 0.124 e. The standard InChI is InChI=1S/C27H28Cl2FN7/c1-27(2,3)14-33-24-15(11-31)12-32-25-20(24)9-17(10-22(25)29)34-26(19-7-4-16(30)8-21(19)28)23-13-37(36-35-23)18-5-6-18/h4,7-10,12-13,18,26,34-36H,5-6,14H2,1-3H3,(H,32,33)/i26D. The Labute approximate surface area is 227 Å². The summed E-state index contributed by atoms with van der Waals surface area (Å²) < 4.78 is 23.5. The van der Waals surface area contributed by atoms with Gasteiger partial charge >= 0.3 is 0 Å². The average molecular weight is 541 g/mol. The highest BCUT2D eigenvalue weighted by Gasteiger charge is 2.33. The van der Waals surface area contributed by atoms with Gasteiger partial charge in [-0.15, -0.1) is 5.53 Å². The van der Waals surface area contributed by atoms with Crippen LogP contribution >= 0.6 is 23.2 Å². The zero-order chi connectivity index (χ0) is 27.2. The van der Waals surface area contributed by atoms with Gasteiger partial charge in [0, 0.05) is 41.1 Å². The van der Waals surface area contributed by atoms with Gasteiger partial charge in [-0.1, -0.05) is 50.0 Å². The summed E-state index contributed by atoms with van der Waals surface area (Å²) in [5.41, 5.74) is 8.99. The summed E-state index contributed by atoms with van der Waals surface area (Å²) in [7, 11) is 0. The Hall–Kier alpha value is -3.25. The van der Waals surface area contributed by atoms with E-state index < -0.39 is 11.8 Å². The van der Waals surface area contributed by atoms with Crippen LogP contribution in [-0.2, 0) is 0 Å². The number of nitrogens with one attached hydrogen (secondary N) is 4. The van der Waals surface area contributed by atoms with Gasteiger partial charge < -0.3 is 16.1 Å². The van der Waals surface area contributed by atoms with Gasteiger partial charge in [0.25, 0.3) is 0 Å². The van der Waals surface area contributed by atoms with Gasteiger partial charge in [-0.05, 0) is 48.1 Å². The molecule has 0 spiro atoms. The molecule has 1 aliphatic carbocycles. The lowest BCUT2D eigenvalue weighted by atomic mass is 9.96. The van der Waals surface area contributed by atoms with Crippen molar-refractivity contribution in [3.05, 3.63) is 75.4 Å². The maximum absolute atomic E-state index is 13.9. The molecular formula is C27H28Cl2FN7. The number of hydrogen-bond acceptors (Lipinski definition) is 7. The Bertz CT molecular complexity index is 1480. The lowest BCUT2D eigenvalue weighted by Crippen LogP contribution is -2.38. The van der Waals surface area contributed by atoms with E-state index >= 15 is 0 Å². The zero-order valence-electron chi connectivity index (χ0n) is 21.7. The van der Waals surface area contributed by atoms with Crippen molar-refractivity contribution >= 4 is 45.5 Å². The van der Waals surface area contributed by atoms with Crippen LogP contribution in [0.25, 0.3) is 10.9 Å². The lowest BCUT2D eigenvalue weighted by molar-refractivity contribution is 0.260. The summed E-state index contributed by atoms with van der Waals surface area (Å²) in [5.74, 6) is -0.495. The van der Waals surface area contributed by atoms with Crippen molar-refractivity contribution in [2.45, 2.75) is 45.7 Å². The van der Waals surface area contributed by atoms with Crippen molar-refractivity contribution in [2.24, 2.45) is 5.41 Å². The van der Waals surface area contributed by atoms with Gasteiger partial charge in [-0.3, -0.25) is 9.99 Å². The van der Waals surface area contributed by atoms with Gasteiger partial charge in [0.15, 0.2) is 0 Å². The summed E-state index contributed by atoms with van der Waals surface area (Å²) in [6.45, 7) is 6.90. The van der Waals surface area contributed by atoms with Crippen LogP contribution in [0.5, 0.6) is 0 Å². The fourth-order valence-corrected chi connectivity index (χ4v) is 4.61. The SMILES string of the molecule is [2H]C(Nc1cc(Cl)c2ncc(C#N)c(NCC(C)(C)C)c2c1)(C1=CN(C2CC2)NN1)c1ccc(F)cc1Cl. The van der Waals surface area contributed by atoms with Crippen LogP contribution in [0.3, 0.4) is 0 Å². The minimum Gasteiger partial charge on any atom is -0.383 e. The van der Waals surface area contributed by atoms with Crippen molar-refractivity contribution in [3.8, 4) is 6.07 Å². The molecule has 2 aliphatic rings. The molecule has 0 radical (unpaired) electrons. The third kappa shape index (κ3) is 5.54. The number of pyridine rings is 1. The van der Waals surface area contributed by atoms with Crippen LogP contribution < -0.4 is 21.6 Å². The molecule has 4 N–H and O–H groups in total. The number of anilines is 2. The molecule has 2 heterocycles. The van der Waals surface area contributed by atoms with E-state index in [1.807, 2.05) is 17.3 Å². The molecular weight excluding hydrogens is 512 g/mol. The molecule has 192 valence electrons. The highest BCUT2D eigenvalue weighted by molar-refractivity contribution is 6.36. The fraction of sp³-hybridized carbons (Fsp3) is 0.333. The van der Waals surface area contributed by atoms with E-state index in [4.69, 9.17) is 23.2 Å². The van der Waals surface area contributed by atoms with E-state index in [0.29, 0.717) is 56.7 Å². The lowest BCUT2D eigenvalue weighted by Gasteiger charge is -2.24. The monoisotopic (exact) mass is 540 g/mol. The number of hydrogen-bond donors (Lipinski definition) is 4. The Morgan fingerprint density at radius 3 is 2.73 bits per heavy atom. The van der Waals surface area contributed by atoms with Crippen LogP contribution in [0.2, 0.25) is 10.0 Å². The van der Waals surface area contributed by atoms with Crippen LogP contribution in [0.15, 0.2) is 48.4 Å². The first-order valence-electron chi connectivity index (χ1n) is 12.5. The second-order valence-corrected chi connectivity index (χ2v) is 11.3. The maximum Gasteiger partial charge on any atom is 0.124 e. The average Bonchev–Trinajstić information content (AvgIpc) is 3.57. The maximum atomic E-state index is 13.9. The molecule has 5 rings (SSSR count). The second-order valence-electron chi connectivity index (χ2n) is 10.5. The third-order valence-corrected chi connectivity index (χ3v) is 6.71. The van der Waals surface area contributed by atoms with Crippen molar-refractivity contribution in [1.82, 2.24) is 21.0 Å². The Kier molecular flexibility index (Phi) is 6.45. The number of nitrogens with zero attached hydrogens (tertiary/aromatic N) is 3. The number of aromatic nitrogens is 1. The molecule has 1 saturated carbocycles. The molecule has 10 heteroatoms. The molecule has 0 amide bonds. The van der Waals surface area contributed by atoms with Crippen molar-refractivity contribution in [1.29, 1.82) is 5.26 Å². The van der Waals surface area contributed by atoms with Gasteiger partial charge in [0.05, 0.1) is 34.9 Å². The minimum absolute atomic E-state index is 0.0430. The van der Waals surface area contributed by atoms with E-state index in [0.717, 1.165) is 12.8 Å². The summed E-state index contributed by atoms with van der Waals surface area (Å²) in [6, 6.07) is 8.35. The fourth-order valence-electron chi connectivity index (χ4n) is 4.08. The van der Waals surface area contributed by atoms with Crippen LogP contribution in [-0.4, -0.2) is 22.6 Å². The predicted octanol–water partition coefficient (Wildman–Crippen LogP) is 6.49. The molecule has 1 atom stereocenters. The summed E-state index contributed by atoms with van der Waals surface area (Å²) >= 11 is 13.2. The molecule has 1 aliphatic heterocycles. The number of rotatable bonds is 7. The van der Waals surface area contributed by atoms with E-state index in [-0.39, 0.29) is 10.4 Å². The topological polar surface area (TPSA) is 88.0 Å². The molecule has 1 fully saturated rings. The largest absolute Gasteiger partial charge is 0.383 e. The first-order chi connectivity index (χ1) is 18.0. The van der Waals surface area contributed by atoms with E-state index in [1.165, 1.54) is 24.4 Å². The molecule has 1 aromatic heterocycles. The quantitative estimate of drug-likeness (QED) is 0.272. The number of nitriles is 1. The van der Waals surface area contributed by atoms with Crippen LogP contribution in [0, 0.1) is 22.6 Å². The number of benzene rings is 2. The summed E-state index contributed by atoms with van der Waals surface area (Å²) in [5, 5.41) is 19.4. The Balaban J connectivity index is 1.62. The number of hydrazine groups is 2. The van der Waals surface area contributed by atoms with Crippen molar-refractivity contribution in [2.75, 3.05) is 17.2 Å². The van der Waals surface area contributed by atoms with Crippen LogP contribution in [0.4, 0.5) is 15.8 Å². The number of halogens is 3. The molecule has 37 heavy (non-hydrogen) atoms. The van der Waals surface area contributed by atoms with E-state index in [1.54, 1.807) is 6.07 Å². The summed E-state index contributed by atoms with van der Waals surface area (Å²) in [4.78, 5) is 4.42. The van der Waals surface area contributed by atoms with Crippen molar-refractivity contribution < 1.29 is 5.76 Å². The van der Waals surface area contributed by atoms with Gasteiger partial charge in [0.2, 0.25) is 0 Å². The minimum atomic E-state index is -1.64. The second kappa shape index (κ2) is 9.90. The molecule has 3 aromatic rings. The first-order valence-corrected chi connectivity index (χ1v) is 12.8. The summed E-state index contributed by atoms with van der Waals surface area (Å²) in [6.07, 6.45) is 5.43. The zero-order valence-corrected chi connectivity index (χ0v) is 22.2. The highest BCUT2D eigenvalue weighted by atomic mass is 35.5. The Morgan fingerprint density at radius 1 is 1.27 bits per heavy atom. The Morgan fingerprint density at radius 2 is 2.05 bits per heavy atom. The van der Waals surface area contributed by atoms with Gasteiger partial charge in [-0.2, -0.15) is 5.26 Å². The molecule has 7 nitrogen and oxygen atoms in total. The normalized spacial score (nSPS) is 17.5. The first kappa shape index (κ1) is 24.1. The molecule has 2 aromatic carbocycles. The van der Waals surface area contributed by atoms with Crippen LogP contribution in [0.1, 0.15) is 52.1 Å². The molecule has 1 unspecified atom stereocenters. The van der Waals surface area contributed by atoms with Gasteiger partial charge in [0.1, 0.15) is 11.9 Å². The van der Waals surface area contributed by atoms with E-state index in [9.17, 15) is 11.0 Å². The highest BCUT2D eigenvalue weighted by Crippen LogP contribution is 2.38. The van der Waals surface area contributed by atoms with E-state index in [2.05, 4.69) is 53.4 Å². The molecule has 0 saturated heterocycles. The predicted molar refractivity (Wildman–Crippen MR) is 146 cm³/mol. The number of fused-ring (bicyclic) bond motifs is 1. The van der Waals surface area contributed by atoms with Gasteiger partial charge in [-0.25, -0.2) is 4.39 Å². The third-order valence-electron chi connectivity index (χ3n) is 6.11. The van der Waals surface area contributed by atoms with Crippen molar-refractivity contribution in [3.63, 3.8) is 0 Å². The molecule has 0 bridgehead atoms.